The molecule has 2 unspecified atom stereocenters. The first-order chi connectivity index (χ1) is 14.8. The number of thioether (sulfide) groups is 1. The van der Waals surface area contributed by atoms with Gasteiger partial charge in [-0.3, -0.25) is 0 Å². The van der Waals surface area contributed by atoms with Gasteiger partial charge in [-0.1, -0.05) is 23.9 Å². The van der Waals surface area contributed by atoms with Gasteiger partial charge in [-0.25, -0.2) is 9.97 Å². The zero-order valence-corrected chi connectivity index (χ0v) is 17.2. The van der Waals surface area contributed by atoms with Crippen molar-refractivity contribution in [1.29, 1.82) is 0 Å². The molecule has 2 atom stereocenters. The van der Waals surface area contributed by atoms with Crippen molar-refractivity contribution in [3.8, 4) is 11.6 Å². The highest BCUT2D eigenvalue weighted by Crippen LogP contribution is 2.45. The van der Waals surface area contributed by atoms with Gasteiger partial charge in [0.1, 0.15) is 11.2 Å². The quantitative estimate of drug-likeness (QED) is 0.629. The zero-order chi connectivity index (χ0) is 20.3. The Morgan fingerprint density at radius 1 is 1.10 bits per heavy atom. The van der Waals surface area contributed by atoms with Gasteiger partial charge >= 0.3 is 0 Å². The van der Waals surface area contributed by atoms with Gasteiger partial charge in [-0.15, -0.1) is 0 Å². The number of nitrogens with zero attached hydrogens (tertiary/aromatic N) is 3. The van der Waals surface area contributed by atoms with Crippen molar-refractivity contribution in [3.63, 3.8) is 0 Å². The number of benzene rings is 2. The Labute approximate surface area is 179 Å². The number of para-hydroxylation sites is 1. The summed E-state index contributed by atoms with van der Waals surface area (Å²) in [4.78, 5) is 12.1. The van der Waals surface area contributed by atoms with E-state index in [1.165, 1.54) is 4.90 Å². The number of ether oxygens (including phenoxy) is 2. The van der Waals surface area contributed by atoms with Crippen LogP contribution in [0.15, 0.2) is 65.8 Å². The average Bonchev–Trinajstić information content (AvgIpc) is 3.12. The van der Waals surface area contributed by atoms with Crippen LogP contribution >= 0.6 is 11.8 Å². The lowest BCUT2D eigenvalue weighted by Crippen LogP contribution is -2.31. The Hall–Kier alpha value is -2.81. The number of anilines is 3. The topological polar surface area (TPSA) is 85.5 Å². The molecule has 5 rings (SSSR count). The summed E-state index contributed by atoms with van der Waals surface area (Å²) in [6, 6.07) is 16.3. The van der Waals surface area contributed by atoms with Crippen molar-refractivity contribution < 1.29 is 9.47 Å². The highest BCUT2D eigenvalue weighted by molar-refractivity contribution is 8.00. The normalized spacial score (nSPS) is 20.6. The fourth-order valence-corrected chi connectivity index (χ4v) is 4.74. The molecule has 0 radical (unpaired) electrons. The summed E-state index contributed by atoms with van der Waals surface area (Å²) >= 11 is 1.65. The van der Waals surface area contributed by atoms with E-state index in [1.54, 1.807) is 24.2 Å². The average molecular weight is 422 g/mol. The Balaban J connectivity index is 1.33. The zero-order valence-electron chi connectivity index (χ0n) is 16.4. The number of aromatic nitrogens is 2. The van der Waals surface area contributed by atoms with Crippen LogP contribution < -0.4 is 20.7 Å². The molecule has 0 bridgehead atoms. The van der Waals surface area contributed by atoms with Crippen LogP contribution in [-0.2, 0) is 4.74 Å². The fraction of sp³-hybridized carbons (Fsp3) is 0.273. The SMILES string of the molecule is NC1Sc2ccccc2N1c1ccc(Oc2nccnc2NC2CCCOC2)cc1. The van der Waals surface area contributed by atoms with Crippen LogP contribution in [0.1, 0.15) is 12.8 Å². The molecule has 0 aliphatic carbocycles. The van der Waals surface area contributed by atoms with Gasteiger partial charge in [-0.05, 0) is 49.2 Å². The third-order valence-electron chi connectivity index (χ3n) is 5.12. The van der Waals surface area contributed by atoms with E-state index in [0.717, 1.165) is 30.8 Å². The van der Waals surface area contributed by atoms with Gasteiger partial charge < -0.3 is 25.4 Å². The van der Waals surface area contributed by atoms with E-state index >= 15 is 0 Å². The molecule has 8 heteroatoms. The summed E-state index contributed by atoms with van der Waals surface area (Å²) in [6.07, 6.45) is 5.37. The summed E-state index contributed by atoms with van der Waals surface area (Å²) in [5.74, 6) is 1.77. The van der Waals surface area contributed by atoms with Crippen molar-refractivity contribution in [2.75, 3.05) is 23.4 Å². The van der Waals surface area contributed by atoms with E-state index < -0.39 is 0 Å². The van der Waals surface area contributed by atoms with Gasteiger partial charge in [0, 0.05) is 29.6 Å². The van der Waals surface area contributed by atoms with Gasteiger partial charge in [0.2, 0.25) is 0 Å². The van der Waals surface area contributed by atoms with E-state index in [1.807, 2.05) is 36.4 Å². The molecule has 3 aromatic rings. The predicted octanol–water partition coefficient (Wildman–Crippen LogP) is 4.35. The Morgan fingerprint density at radius 2 is 1.93 bits per heavy atom. The maximum absolute atomic E-state index is 6.35. The fourth-order valence-electron chi connectivity index (χ4n) is 3.69. The van der Waals surface area contributed by atoms with Crippen molar-refractivity contribution in [1.82, 2.24) is 9.97 Å². The smallest absolute Gasteiger partial charge is 0.262 e. The standard InChI is InChI=1S/C22H23N5O2S/c23-22-27(18-5-1-2-6-19(18)30-22)16-7-9-17(10-8-16)29-21-20(24-11-12-25-21)26-15-4-3-13-28-14-15/h1-2,5-12,15,22H,3-4,13-14,23H2,(H,24,26). The molecule has 3 heterocycles. The van der Waals surface area contributed by atoms with Crippen LogP contribution in [0.5, 0.6) is 11.6 Å². The van der Waals surface area contributed by atoms with Crippen LogP contribution in [0.25, 0.3) is 0 Å². The lowest BCUT2D eigenvalue weighted by atomic mass is 10.1. The van der Waals surface area contributed by atoms with Crippen LogP contribution in [-0.4, -0.2) is 34.7 Å². The van der Waals surface area contributed by atoms with Gasteiger partial charge in [0.25, 0.3) is 5.88 Å². The van der Waals surface area contributed by atoms with Gasteiger partial charge in [0.15, 0.2) is 5.82 Å². The maximum atomic E-state index is 6.35. The van der Waals surface area contributed by atoms with Crippen LogP contribution in [0, 0.1) is 0 Å². The highest BCUT2D eigenvalue weighted by atomic mass is 32.2. The Kier molecular flexibility index (Phi) is 5.44. The van der Waals surface area contributed by atoms with Crippen molar-refractivity contribution >= 4 is 29.0 Å². The third kappa shape index (κ3) is 3.94. The minimum atomic E-state index is -0.150. The van der Waals surface area contributed by atoms with E-state index in [2.05, 4.69) is 32.3 Å². The molecule has 2 aliphatic rings. The summed E-state index contributed by atoms with van der Waals surface area (Å²) in [7, 11) is 0. The summed E-state index contributed by atoms with van der Waals surface area (Å²) in [5, 5.41) is 3.39. The summed E-state index contributed by atoms with van der Waals surface area (Å²) in [6.45, 7) is 1.48. The molecule has 0 amide bonds. The molecule has 2 aliphatic heterocycles. The second-order valence-corrected chi connectivity index (χ2v) is 8.37. The Bertz CT molecular complexity index is 1010. The largest absolute Gasteiger partial charge is 0.436 e. The molecular formula is C22H23N5O2S. The summed E-state index contributed by atoms with van der Waals surface area (Å²) < 4.78 is 11.6. The minimum absolute atomic E-state index is 0.150. The first-order valence-corrected chi connectivity index (χ1v) is 10.9. The van der Waals surface area contributed by atoms with E-state index in [-0.39, 0.29) is 11.5 Å². The van der Waals surface area contributed by atoms with Crippen molar-refractivity contribution in [3.05, 3.63) is 60.9 Å². The molecule has 1 saturated heterocycles. The lowest BCUT2D eigenvalue weighted by molar-refractivity contribution is 0.0874. The second-order valence-electron chi connectivity index (χ2n) is 7.21. The van der Waals surface area contributed by atoms with Crippen LogP contribution in [0.2, 0.25) is 0 Å². The van der Waals surface area contributed by atoms with Crippen LogP contribution in [0.4, 0.5) is 17.2 Å². The molecule has 7 nitrogen and oxygen atoms in total. The third-order valence-corrected chi connectivity index (χ3v) is 6.17. The predicted molar refractivity (Wildman–Crippen MR) is 118 cm³/mol. The first-order valence-electron chi connectivity index (χ1n) is 10.0. The Morgan fingerprint density at radius 3 is 2.77 bits per heavy atom. The number of nitrogens with one attached hydrogen (secondary N) is 1. The molecule has 1 fully saturated rings. The molecule has 0 saturated carbocycles. The number of fused-ring (bicyclic) bond motifs is 1. The number of hydrogen-bond acceptors (Lipinski definition) is 8. The number of rotatable bonds is 5. The minimum Gasteiger partial charge on any atom is -0.436 e. The molecule has 2 aromatic carbocycles. The number of nitrogens with two attached hydrogens (primary N) is 1. The van der Waals surface area contributed by atoms with Gasteiger partial charge in [-0.2, -0.15) is 0 Å². The second kappa shape index (κ2) is 8.51. The van der Waals surface area contributed by atoms with Crippen molar-refractivity contribution in [2.24, 2.45) is 5.73 Å². The molecule has 0 spiro atoms. The van der Waals surface area contributed by atoms with Gasteiger partial charge in [0.05, 0.1) is 18.3 Å². The molecule has 3 N–H and O–H groups in total. The lowest BCUT2D eigenvalue weighted by Gasteiger charge is -2.24. The van der Waals surface area contributed by atoms with E-state index in [9.17, 15) is 0 Å². The highest BCUT2D eigenvalue weighted by Gasteiger charge is 2.28. The van der Waals surface area contributed by atoms with Crippen LogP contribution in [0.3, 0.4) is 0 Å². The van der Waals surface area contributed by atoms with Crippen molar-refractivity contribution in [2.45, 2.75) is 29.3 Å². The summed E-state index contributed by atoms with van der Waals surface area (Å²) in [5.41, 5.74) is 8.34. The monoisotopic (exact) mass is 421 g/mol. The van der Waals surface area contributed by atoms with E-state index in [0.29, 0.717) is 24.1 Å². The molecule has 30 heavy (non-hydrogen) atoms. The molecule has 1 aromatic heterocycles. The first kappa shape index (κ1) is 19.2. The van der Waals surface area contributed by atoms with E-state index in [4.69, 9.17) is 15.2 Å². The molecular weight excluding hydrogens is 398 g/mol. The molecule has 154 valence electrons. The number of hydrogen-bond donors (Lipinski definition) is 2. The maximum Gasteiger partial charge on any atom is 0.262 e.